The fraction of sp³-hybridized carbons (Fsp3) is 0.273. The molecule has 0 aliphatic carbocycles. The highest BCUT2D eigenvalue weighted by atomic mass is 16.5. The van der Waals surface area contributed by atoms with Crippen LogP contribution >= 0.6 is 0 Å². The molecule has 0 saturated heterocycles. The van der Waals surface area contributed by atoms with Crippen molar-refractivity contribution >= 4 is 11.0 Å². The normalized spacial score (nSPS) is 9.79. The van der Waals surface area contributed by atoms with Crippen LogP contribution in [0.3, 0.4) is 0 Å². The number of nitrogens with zero attached hydrogens (tertiary/aromatic N) is 2. The van der Waals surface area contributed by atoms with Gasteiger partial charge in [0.1, 0.15) is 5.52 Å². The first-order valence-corrected chi connectivity index (χ1v) is 4.29. The standard InChI is InChI=1S/C10H10N2O.CH4/c1-2-8-7-11-9-5-3-4-6-10(9)12(8)13;/h3-7H,2H2,1H3;1H4. The van der Waals surface area contributed by atoms with Crippen LogP contribution in [0.25, 0.3) is 11.0 Å². The monoisotopic (exact) mass is 190 g/mol. The minimum atomic E-state index is 0. The van der Waals surface area contributed by atoms with Gasteiger partial charge in [-0.05, 0) is 6.07 Å². The molecule has 2 rings (SSSR count). The van der Waals surface area contributed by atoms with Crippen LogP contribution in [0.5, 0.6) is 0 Å². The van der Waals surface area contributed by atoms with E-state index in [1.165, 1.54) is 0 Å². The topological polar surface area (TPSA) is 39.8 Å². The lowest BCUT2D eigenvalue weighted by atomic mass is 10.3. The quantitative estimate of drug-likeness (QED) is 0.510. The Labute approximate surface area is 83.6 Å². The Bertz CT molecular complexity index is 440. The van der Waals surface area contributed by atoms with Gasteiger partial charge >= 0.3 is 0 Å². The summed E-state index contributed by atoms with van der Waals surface area (Å²) in [5.41, 5.74) is 2.09. The summed E-state index contributed by atoms with van der Waals surface area (Å²) in [7, 11) is 0. The zero-order chi connectivity index (χ0) is 9.26. The van der Waals surface area contributed by atoms with Gasteiger partial charge in [0.15, 0.2) is 0 Å². The average Bonchev–Trinajstić information content (AvgIpc) is 2.19. The molecule has 2 aromatic rings. The number of rotatable bonds is 1. The van der Waals surface area contributed by atoms with Gasteiger partial charge in [-0.1, -0.05) is 26.5 Å². The summed E-state index contributed by atoms with van der Waals surface area (Å²) in [6, 6.07) is 7.34. The van der Waals surface area contributed by atoms with E-state index in [1.807, 2.05) is 25.1 Å². The second-order valence-electron chi connectivity index (χ2n) is 2.89. The van der Waals surface area contributed by atoms with E-state index in [9.17, 15) is 5.21 Å². The molecule has 0 spiro atoms. The summed E-state index contributed by atoms with van der Waals surface area (Å²) < 4.78 is 0.947. The van der Waals surface area contributed by atoms with Crippen molar-refractivity contribution in [2.24, 2.45) is 0 Å². The van der Waals surface area contributed by atoms with Crippen molar-refractivity contribution in [3.63, 3.8) is 0 Å². The van der Waals surface area contributed by atoms with Gasteiger partial charge in [-0.15, -0.1) is 0 Å². The van der Waals surface area contributed by atoms with Gasteiger partial charge in [-0.3, -0.25) is 0 Å². The number of benzene rings is 1. The highest BCUT2D eigenvalue weighted by Gasteiger charge is 2.07. The molecule has 74 valence electrons. The maximum absolute atomic E-state index is 11.6. The van der Waals surface area contributed by atoms with Crippen molar-refractivity contribution in [3.8, 4) is 0 Å². The van der Waals surface area contributed by atoms with E-state index in [1.54, 1.807) is 12.3 Å². The minimum Gasteiger partial charge on any atom is -0.618 e. The molecule has 0 radical (unpaired) electrons. The lowest BCUT2D eigenvalue weighted by Gasteiger charge is -2.04. The zero-order valence-corrected chi connectivity index (χ0v) is 7.40. The second kappa shape index (κ2) is 4.05. The van der Waals surface area contributed by atoms with Gasteiger partial charge in [-0.2, -0.15) is 4.73 Å². The molecular weight excluding hydrogens is 176 g/mol. The summed E-state index contributed by atoms with van der Waals surface area (Å²) in [5.74, 6) is 0. The third-order valence-corrected chi connectivity index (χ3v) is 2.08. The Hall–Kier alpha value is -1.64. The number of aryl methyl sites for hydroxylation is 1. The van der Waals surface area contributed by atoms with E-state index in [2.05, 4.69) is 4.98 Å². The van der Waals surface area contributed by atoms with E-state index in [4.69, 9.17) is 0 Å². The zero-order valence-electron chi connectivity index (χ0n) is 7.40. The molecule has 1 aromatic heterocycles. The number of hydrogen-bond acceptors (Lipinski definition) is 2. The van der Waals surface area contributed by atoms with Gasteiger partial charge < -0.3 is 5.21 Å². The van der Waals surface area contributed by atoms with E-state index in [0.29, 0.717) is 17.6 Å². The van der Waals surface area contributed by atoms with Crippen LogP contribution in [0, 0.1) is 5.21 Å². The van der Waals surface area contributed by atoms with Crippen molar-refractivity contribution in [1.29, 1.82) is 0 Å². The predicted molar refractivity (Wildman–Crippen MR) is 56.8 cm³/mol. The fourth-order valence-electron chi connectivity index (χ4n) is 1.33. The van der Waals surface area contributed by atoms with E-state index in [0.717, 1.165) is 10.2 Å². The van der Waals surface area contributed by atoms with Crippen LogP contribution in [-0.2, 0) is 6.42 Å². The first-order valence-electron chi connectivity index (χ1n) is 4.29. The molecule has 0 bridgehead atoms. The Morgan fingerprint density at radius 1 is 1.36 bits per heavy atom. The first-order chi connectivity index (χ1) is 6.33. The SMILES string of the molecule is C.CCc1cnc2ccccc2[n+]1[O-]. The molecule has 0 unspecified atom stereocenters. The van der Waals surface area contributed by atoms with Gasteiger partial charge in [0.2, 0.25) is 11.2 Å². The van der Waals surface area contributed by atoms with Crippen LogP contribution in [-0.4, -0.2) is 4.98 Å². The van der Waals surface area contributed by atoms with Crippen molar-refractivity contribution in [2.75, 3.05) is 0 Å². The van der Waals surface area contributed by atoms with Crippen LogP contribution < -0.4 is 4.73 Å². The van der Waals surface area contributed by atoms with Crippen LogP contribution in [0.1, 0.15) is 20.0 Å². The molecule has 14 heavy (non-hydrogen) atoms. The summed E-state index contributed by atoms with van der Waals surface area (Å²) in [5, 5.41) is 11.6. The fourth-order valence-corrected chi connectivity index (χ4v) is 1.33. The lowest BCUT2D eigenvalue weighted by molar-refractivity contribution is -0.586. The van der Waals surface area contributed by atoms with Crippen LogP contribution in [0.2, 0.25) is 0 Å². The molecule has 1 aromatic carbocycles. The molecule has 0 fully saturated rings. The Morgan fingerprint density at radius 3 is 2.79 bits per heavy atom. The summed E-state index contributed by atoms with van der Waals surface area (Å²) in [6.07, 6.45) is 2.34. The van der Waals surface area contributed by atoms with E-state index in [-0.39, 0.29) is 7.43 Å². The molecule has 0 aliphatic heterocycles. The summed E-state index contributed by atoms with van der Waals surface area (Å²) in [6.45, 7) is 1.94. The highest BCUT2D eigenvalue weighted by molar-refractivity contribution is 5.70. The number of hydrogen-bond donors (Lipinski definition) is 0. The highest BCUT2D eigenvalue weighted by Crippen LogP contribution is 2.06. The van der Waals surface area contributed by atoms with Crippen LogP contribution in [0.4, 0.5) is 0 Å². The van der Waals surface area contributed by atoms with E-state index < -0.39 is 0 Å². The first kappa shape index (κ1) is 10.4. The van der Waals surface area contributed by atoms with E-state index >= 15 is 0 Å². The molecule has 0 aliphatic rings. The molecule has 1 heterocycles. The Morgan fingerprint density at radius 2 is 2.07 bits per heavy atom. The maximum Gasteiger partial charge on any atom is 0.242 e. The number of fused-ring (bicyclic) bond motifs is 1. The molecular formula is C11H14N2O. The molecule has 0 amide bonds. The Balaban J connectivity index is 0.000000980. The third kappa shape index (κ3) is 1.53. The maximum atomic E-state index is 11.6. The van der Waals surface area contributed by atoms with Crippen molar-refractivity contribution in [2.45, 2.75) is 20.8 Å². The number of para-hydroxylation sites is 2. The third-order valence-electron chi connectivity index (χ3n) is 2.08. The van der Waals surface area contributed by atoms with Crippen molar-refractivity contribution in [3.05, 3.63) is 41.4 Å². The minimum absolute atomic E-state index is 0. The molecule has 0 atom stereocenters. The van der Waals surface area contributed by atoms with Gasteiger partial charge in [-0.25, -0.2) is 4.98 Å². The lowest BCUT2D eigenvalue weighted by Crippen LogP contribution is -2.32. The molecule has 0 saturated carbocycles. The molecule has 0 N–H and O–H groups in total. The summed E-state index contributed by atoms with van der Waals surface area (Å²) in [4.78, 5) is 4.19. The molecule has 3 nitrogen and oxygen atoms in total. The second-order valence-corrected chi connectivity index (χ2v) is 2.89. The van der Waals surface area contributed by atoms with Crippen LogP contribution in [0.15, 0.2) is 30.5 Å². The van der Waals surface area contributed by atoms with Crippen molar-refractivity contribution in [1.82, 2.24) is 4.98 Å². The summed E-state index contributed by atoms with van der Waals surface area (Å²) >= 11 is 0. The molecule has 3 heteroatoms. The van der Waals surface area contributed by atoms with Gasteiger partial charge in [0.25, 0.3) is 0 Å². The largest absolute Gasteiger partial charge is 0.618 e. The average molecular weight is 190 g/mol. The Kier molecular flexibility index (Phi) is 3.02. The van der Waals surface area contributed by atoms with Crippen molar-refractivity contribution < 1.29 is 4.73 Å². The number of aromatic nitrogens is 2. The van der Waals surface area contributed by atoms with Gasteiger partial charge in [0, 0.05) is 12.5 Å². The van der Waals surface area contributed by atoms with Gasteiger partial charge in [0.05, 0.1) is 6.20 Å². The predicted octanol–water partition coefficient (Wildman–Crippen LogP) is 2.07. The smallest absolute Gasteiger partial charge is 0.242 e.